The predicted molar refractivity (Wildman–Crippen MR) is 97.5 cm³/mol. The first-order valence-corrected chi connectivity index (χ1v) is 8.89. The molecular formula is C14H12N4O6S2. The second-order valence-corrected chi connectivity index (χ2v) is 6.79. The molecule has 0 fully saturated rings. The molecule has 0 aliphatic carbocycles. The molecule has 0 aliphatic rings. The molecule has 1 heterocycles. The highest BCUT2D eigenvalue weighted by molar-refractivity contribution is 8.00. The van der Waals surface area contributed by atoms with Crippen molar-refractivity contribution in [1.82, 2.24) is 5.43 Å². The summed E-state index contributed by atoms with van der Waals surface area (Å²) in [5.41, 5.74) is 1.47. The molecule has 1 aromatic heterocycles. The predicted octanol–water partition coefficient (Wildman–Crippen LogP) is 3.06. The lowest BCUT2D eigenvalue weighted by Crippen LogP contribution is -2.18. The Hall–Kier alpha value is -2.99. The summed E-state index contributed by atoms with van der Waals surface area (Å²) in [4.78, 5) is 32.2. The minimum absolute atomic E-state index is 0.245. The first-order valence-electron chi connectivity index (χ1n) is 6.84. The molecule has 26 heavy (non-hydrogen) atoms. The summed E-state index contributed by atoms with van der Waals surface area (Å²) < 4.78 is 6.20. The number of nitro groups is 2. The summed E-state index contributed by atoms with van der Waals surface area (Å²) in [7, 11) is 1.51. The molecule has 1 aromatic carbocycles. The molecule has 0 atom stereocenters. The van der Waals surface area contributed by atoms with E-state index in [2.05, 4.69) is 10.5 Å². The Balaban J connectivity index is 2.21. The van der Waals surface area contributed by atoms with Crippen molar-refractivity contribution in [3.05, 3.63) is 55.6 Å². The zero-order chi connectivity index (χ0) is 19.3. The number of benzene rings is 1. The van der Waals surface area contributed by atoms with Crippen molar-refractivity contribution in [1.29, 1.82) is 0 Å². The number of nitro benzene ring substituents is 2. The fourth-order valence-electron chi connectivity index (χ4n) is 1.88. The molecule has 12 heteroatoms. The number of methoxy groups -OCH3 is 1. The summed E-state index contributed by atoms with van der Waals surface area (Å²) in [5.74, 6) is -0.813. The van der Waals surface area contributed by atoms with Crippen molar-refractivity contribution < 1.29 is 19.4 Å². The highest BCUT2D eigenvalue weighted by Crippen LogP contribution is 2.34. The van der Waals surface area contributed by atoms with E-state index in [0.29, 0.717) is 10.6 Å². The van der Waals surface area contributed by atoms with Gasteiger partial charge in [-0.25, -0.2) is 5.43 Å². The Morgan fingerprint density at radius 3 is 2.35 bits per heavy atom. The lowest BCUT2D eigenvalue weighted by atomic mass is 10.1. The van der Waals surface area contributed by atoms with E-state index in [1.54, 1.807) is 0 Å². The minimum Gasteiger partial charge on any atom is -0.487 e. The van der Waals surface area contributed by atoms with Crippen molar-refractivity contribution in [2.75, 3.05) is 13.4 Å². The van der Waals surface area contributed by atoms with Gasteiger partial charge in [-0.2, -0.15) is 5.10 Å². The van der Waals surface area contributed by atoms with Gasteiger partial charge in [0.1, 0.15) is 0 Å². The highest BCUT2D eigenvalue weighted by atomic mass is 32.2. The lowest BCUT2D eigenvalue weighted by molar-refractivity contribution is -0.394. The number of ether oxygens (including phenoxy) is 1. The molecule has 0 unspecified atom stereocenters. The van der Waals surface area contributed by atoms with Gasteiger partial charge in [-0.3, -0.25) is 25.0 Å². The molecule has 2 aromatic rings. The standard InChI is InChI=1S/C14H12N4O6S2/c1-24-14-9(5-12(25-2)26-14)7-15-16-13(19)8-3-10(17(20)21)6-11(4-8)18(22)23/h3-7H,1-2H3,(H,16,19)/b15-7+. The Bertz CT molecular complexity index is 863. The van der Waals surface area contributed by atoms with Crippen LogP contribution < -0.4 is 10.2 Å². The van der Waals surface area contributed by atoms with Gasteiger partial charge in [0.2, 0.25) is 0 Å². The van der Waals surface area contributed by atoms with Crippen LogP contribution in [0.25, 0.3) is 0 Å². The van der Waals surface area contributed by atoms with Gasteiger partial charge in [0.05, 0.1) is 39.0 Å². The number of nitrogens with zero attached hydrogens (tertiary/aromatic N) is 3. The van der Waals surface area contributed by atoms with Crippen LogP contribution in [-0.2, 0) is 0 Å². The van der Waals surface area contributed by atoms with Gasteiger partial charge in [0.25, 0.3) is 17.3 Å². The van der Waals surface area contributed by atoms with Crippen molar-refractivity contribution >= 4 is 46.6 Å². The van der Waals surface area contributed by atoms with Gasteiger partial charge in [-0.1, -0.05) is 11.3 Å². The fraction of sp³-hybridized carbons (Fsp3) is 0.143. The van der Waals surface area contributed by atoms with E-state index in [4.69, 9.17) is 4.74 Å². The Labute approximate surface area is 155 Å². The van der Waals surface area contributed by atoms with Crippen LogP contribution in [0.2, 0.25) is 0 Å². The number of carbonyl (C=O) groups excluding carboxylic acids is 1. The van der Waals surface area contributed by atoms with Crippen molar-refractivity contribution in [3.63, 3.8) is 0 Å². The van der Waals surface area contributed by atoms with Crippen LogP contribution in [0.15, 0.2) is 33.6 Å². The number of non-ortho nitro benzene ring substituents is 2. The number of amides is 1. The van der Waals surface area contributed by atoms with E-state index in [1.807, 2.05) is 12.3 Å². The Morgan fingerprint density at radius 1 is 1.23 bits per heavy atom. The second-order valence-electron chi connectivity index (χ2n) is 4.67. The molecule has 2 rings (SSSR count). The van der Waals surface area contributed by atoms with Gasteiger partial charge in [0, 0.05) is 17.7 Å². The van der Waals surface area contributed by atoms with Gasteiger partial charge in [0.15, 0.2) is 5.06 Å². The number of hydrazone groups is 1. The van der Waals surface area contributed by atoms with Crippen molar-refractivity contribution in [2.45, 2.75) is 4.21 Å². The van der Waals surface area contributed by atoms with Crippen LogP contribution in [0, 0.1) is 20.2 Å². The maximum atomic E-state index is 12.1. The number of thioether (sulfide) groups is 1. The zero-order valence-electron chi connectivity index (χ0n) is 13.5. The molecule has 0 saturated heterocycles. The third kappa shape index (κ3) is 4.55. The first kappa shape index (κ1) is 19.3. The monoisotopic (exact) mass is 396 g/mol. The molecule has 1 amide bonds. The summed E-state index contributed by atoms with van der Waals surface area (Å²) >= 11 is 2.94. The average molecular weight is 396 g/mol. The number of carbonyl (C=O) groups is 1. The van der Waals surface area contributed by atoms with Crippen molar-refractivity contribution in [2.24, 2.45) is 5.10 Å². The molecule has 0 saturated carbocycles. The third-order valence-corrected chi connectivity index (χ3v) is 5.22. The Morgan fingerprint density at radius 2 is 1.85 bits per heavy atom. The molecule has 1 N–H and O–H groups in total. The topological polar surface area (TPSA) is 137 Å². The van der Waals surface area contributed by atoms with Crippen LogP contribution in [0.1, 0.15) is 15.9 Å². The molecule has 136 valence electrons. The molecule has 10 nitrogen and oxygen atoms in total. The van der Waals surface area contributed by atoms with Crippen molar-refractivity contribution in [3.8, 4) is 5.06 Å². The quantitative estimate of drug-likeness (QED) is 0.328. The SMILES string of the molecule is COc1sc(SC)cc1/C=N/NC(=O)c1cc([N+](=O)[O-])cc([N+](=O)[O-])c1. The minimum atomic E-state index is -0.813. The van der Waals surface area contributed by atoms with Gasteiger partial charge < -0.3 is 4.74 Å². The number of hydrogen-bond acceptors (Lipinski definition) is 9. The smallest absolute Gasteiger partial charge is 0.277 e. The third-order valence-electron chi connectivity index (χ3n) is 3.05. The van der Waals surface area contributed by atoms with E-state index in [1.165, 1.54) is 36.4 Å². The maximum absolute atomic E-state index is 12.1. The fourth-order valence-corrected chi connectivity index (χ4v) is 3.36. The summed E-state index contributed by atoms with van der Waals surface area (Å²) in [5, 5.41) is 26.1. The van der Waals surface area contributed by atoms with E-state index in [0.717, 1.165) is 22.4 Å². The molecule has 0 radical (unpaired) electrons. The number of thiophene rings is 1. The van der Waals surface area contributed by atoms with Crippen LogP contribution in [0.4, 0.5) is 11.4 Å². The normalized spacial score (nSPS) is 10.7. The van der Waals surface area contributed by atoms with Gasteiger partial charge >= 0.3 is 0 Å². The molecule has 0 spiro atoms. The first-order chi connectivity index (χ1) is 12.3. The molecule has 0 aliphatic heterocycles. The van der Waals surface area contributed by atoms with Crippen LogP contribution in [0.5, 0.6) is 5.06 Å². The maximum Gasteiger partial charge on any atom is 0.277 e. The molecular weight excluding hydrogens is 384 g/mol. The number of hydrogen-bond donors (Lipinski definition) is 1. The van der Waals surface area contributed by atoms with Crippen LogP contribution in [-0.4, -0.2) is 35.3 Å². The lowest BCUT2D eigenvalue weighted by Gasteiger charge is -2.01. The second kappa shape index (κ2) is 8.40. The zero-order valence-corrected chi connectivity index (χ0v) is 15.1. The van der Waals surface area contributed by atoms with E-state index in [-0.39, 0.29) is 5.56 Å². The van der Waals surface area contributed by atoms with E-state index < -0.39 is 27.1 Å². The highest BCUT2D eigenvalue weighted by Gasteiger charge is 2.19. The summed E-state index contributed by atoms with van der Waals surface area (Å²) in [6.45, 7) is 0. The van der Waals surface area contributed by atoms with Crippen LogP contribution >= 0.6 is 23.1 Å². The van der Waals surface area contributed by atoms with E-state index in [9.17, 15) is 25.0 Å². The van der Waals surface area contributed by atoms with E-state index >= 15 is 0 Å². The summed E-state index contributed by atoms with van der Waals surface area (Å²) in [6, 6.07) is 4.48. The number of rotatable bonds is 7. The largest absolute Gasteiger partial charge is 0.487 e. The van der Waals surface area contributed by atoms with Gasteiger partial charge in [-0.15, -0.1) is 11.8 Å². The van der Waals surface area contributed by atoms with Crippen LogP contribution in [0.3, 0.4) is 0 Å². The average Bonchev–Trinajstić information content (AvgIpc) is 3.03. The van der Waals surface area contributed by atoms with Gasteiger partial charge in [-0.05, 0) is 12.3 Å². The molecule has 0 bridgehead atoms. The number of nitrogens with one attached hydrogen (secondary N) is 1. The Kier molecular flexibility index (Phi) is 6.25. The summed E-state index contributed by atoms with van der Waals surface area (Å²) in [6.07, 6.45) is 3.27.